The van der Waals surface area contributed by atoms with E-state index in [9.17, 15) is 9.59 Å². The van der Waals surface area contributed by atoms with Gasteiger partial charge in [0.05, 0.1) is 22.5 Å². The fourth-order valence-electron chi connectivity index (χ4n) is 2.90. The summed E-state index contributed by atoms with van der Waals surface area (Å²) in [7, 11) is 0. The predicted octanol–water partition coefficient (Wildman–Crippen LogP) is 4.71. The fourth-order valence-corrected chi connectivity index (χ4v) is 3.93. The highest BCUT2D eigenvalue weighted by atomic mass is 32.2. The highest BCUT2D eigenvalue weighted by Gasteiger charge is 2.38. The van der Waals surface area contributed by atoms with Gasteiger partial charge in [-0.15, -0.1) is 11.8 Å². The summed E-state index contributed by atoms with van der Waals surface area (Å²) in [5.74, 6) is 0.938. The molecule has 1 aliphatic heterocycles. The molecule has 4 nitrogen and oxygen atoms in total. The molecule has 1 aliphatic rings. The summed E-state index contributed by atoms with van der Waals surface area (Å²) in [5, 5.41) is 0. The molecule has 2 aromatic rings. The van der Waals surface area contributed by atoms with Crippen molar-refractivity contribution in [1.29, 1.82) is 0 Å². The molecule has 0 N–H and O–H groups in total. The number of hydrogen-bond donors (Lipinski definition) is 0. The summed E-state index contributed by atoms with van der Waals surface area (Å²) in [6.45, 7) is 6.57. The van der Waals surface area contributed by atoms with E-state index in [-0.39, 0.29) is 11.8 Å². The minimum Gasteiger partial charge on any atom is -0.468 e. The number of furan rings is 1. The summed E-state index contributed by atoms with van der Waals surface area (Å²) in [6, 6.07) is 9.62. The van der Waals surface area contributed by atoms with Gasteiger partial charge in [0.15, 0.2) is 0 Å². The third-order valence-corrected chi connectivity index (χ3v) is 5.69. The van der Waals surface area contributed by atoms with Crippen LogP contribution in [-0.4, -0.2) is 23.3 Å². The van der Waals surface area contributed by atoms with E-state index >= 15 is 0 Å². The van der Waals surface area contributed by atoms with Gasteiger partial charge in [-0.3, -0.25) is 14.5 Å². The van der Waals surface area contributed by atoms with Gasteiger partial charge in [-0.25, -0.2) is 0 Å². The third kappa shape index (κ3) is 3.63. The van der Waals surface area contributed by atoms with Gasteiger partial charge >= 0.3 is 0 Å². The van der Waals surface area contributed by atoms with Crippen LogP contribution in [0.1, 0.15) is 42.2 Å². The van der Waals surface area contributed by atoms with Gasteiger partial charge in [-0.2, -0.15) is 0 Å². The van der Waals surface area contributed by atoms with E-state index in [0.29, 0.717) is 22.8 Å². The second-order valence-corrected chi connectivity index (χ2v) is 7.47. The Balaban J connectivity index is 1.97. The Kier molecular flexibility index (Phi) is 5.67. The first-order chi connectivity index (χ1) is 12.5. The Bertz CT molecular complexity index is 852. The summed E-state index contributed by atoms with van der Waals surface area (Å²) in [6.07, 6.45) is 3.36. The molecule has 136 valence electrons. The van der Waals surface area contributed by atoms with Crippen molar-refractivity contribution in [3.8, 4) is 0 Å². The smallest absolute Gasteiger partial charge is 0.267 e. The van der Waals surface area contributed by atoms with Crippen LogP contribution in [0.5, 0.6) is 0 Å². The van der Waals surface area contributed by atoms with Gasteiger partial charge in [0.2, 0.25) is 0 Å². The normalized spacial score (nSPS) is 14.7. The quantitative estimate of drug-likeness (QED) is 0.663. The van der Waals surface area contributed by atoms with Crippen molar-refractivity contribution in [3.63, 3.8) is 0 Å². The molecule has 0 bridgehead atoms. The number of benzene rings is 1. The predicted molar refractivity (Wildman–Crippen MR) is 104 cm³/mol. The maximum atomic E-state index is 13.0. The molecule has 0 saturated carbocycles. The van der Waals surface area contributed by atoms with Crippen LogP contribution >= 0.6 is 11.8 Å². The van der Waals surface area contributed by atoms with Crippen LogP contribution in [0.25, 0.3) is 5.57 Å². The van der Waals surface area contributed by atoms with Gasteiger partial charge in [0, 0.05) is 6.54 Å². The van der Waals surface area contributed by atoms with Crippen molar-refractivity contribution in [3.05, 3.63) is 64.0 Å². The summed E-state index contributed by atoms with van der Waals surface area (Å²) < 4.78 is 5.37. The molecule has 2 amide bonds. The Morgan fingerprint density at radius 1 is 1.08 bits per heavy atom. The van der Waals surface area contributed by atoms with Crippen molar-refractivity contribution in [1.82, 2.24) is 4.90 Å². The van der Waals surface area contributed by atoms with Gasteiger partial charge in [-0.05, 0) is 49.1 Å². The Labute approximate surface area is 158 Å². The standard InChI is InChI=1S/C21H23NO3S/c1-4-5-10-22-20(23)18(16-9-8-14(2)15(3)12-16)19(21(22)24)26-13-17-7-6-11-25-17/h6-9,11-12H,4-5,10,13H2,1-3H3. The minimum absolute atomic E-state index is 0.186. The maximum Gasteiger partial charge on any atom is 0.267 e. The number of rotatable bonds is 7. The zero-order valence-corrected chi connectivity index (χ0v) is 16.2. The third-order valence-electron chi connectivity index (χ3n) is 4.60. The molecular formula is C21H23NO3S. The lowest BCUT2D eigenvalue weighted by atomic mass is 10.0. The molecule has 0 aliphatic carbocycles. The zero-order valence-electron chi connectivity index (χ0n) is 15.4. The van der Waals surface area contributed by atoms with Crippen molar-refractivity contribution in [2.45, 2.75) is 39.4 Å². The van der Waals surface area contributed by atoms with Crippen LogP contribution in [0.2, 0.25) is 0 Å². The van der Waals surface area contributed by atoms with Crippen LogP contribution < -0.4 is 0 Å². The monoisotopic (exact) mass is 369 g/mol. The first kappa shape index (κ1) is 18.5. The first-order valence-electron chi connectivity index (χ1n) is 8.86. The summed E-state index contributed by atoms with van der Waals surface area (Å²) >= 11 is 1.38. The number of unbranched alkanes of at least 4 members (excludes halogenated alkanes) is 1. The van der Waals surface area contributed by atoms with Gasteiger partial charge in [0.1, 0.15) is 5.76 Å². The number of carbonyl (C=O) groups is 2. The molecule has 0 unspecified atom stereocenters. The van der Waals surface area contributed by atoms with Crippen LogP contribution in [0.3, 0.4) is 0 Å². The van der Waals surface area contributed by atoms with Crippen LogP contribution in [0.4, 0.5) is 0 Å². The number of hydrogen-bond acceptors (Lipinski definition) is 4. The number of imide groups is 1. The molecule has 1 aromatic carbocycles. The Hall–Kier alpha value is -2.27. The summed E-state index contributed by atoms with van der Waals surface area (Å²) in [5.41, 5.74) is 3.61. The van der Waals surface area contributed by atoms with Crippen LogP contribution in [0.15, 0.2) is 45.9 Å². The highest BCUT2D eigenvalue weighted by Crippen LogP contribution is 2.38. The minimum atomic E-state index is -0.187. The van der Waals surface area contributed by atoms with E-state index < -0.39 is 0 Å². The Morgan fingerprint density at radius 2 is 1.88 bits per heavy atom. The molecule has 26 heavy (non-hydrogen) atoms. The molecule has 0 saturated heterocycles. The molecule has 1 aromatic heterocycles. The summed E-state index contributed by atoms with van der Waals surface area (Å²) in [4.78, 5) is 27.8. The molecule has 0 fully saturated rings. The average Bonchev–Trinajstić information content (AvgIpc) is 3.21. The Morgan fingerprint density at radius 3 is 2.54 bits per heavy atom. The molecular weight excluding hydrogens is 346 g/mol. The number of nitrogens with zero attached hydrogens (tertiary/aromatic N) is 1. The fraction of sp³-hybridized carbons (Fsp3) is 0.333. The van der Waals surface area contributed by atoms with Gasteiger partial charge < -0.3 is 4.42 Å². The van der Waals surface area contributed by atoms with Crippen LogP contribution in [0, 0.1) is 13.8 Å². The number of amides is 2. The van der Waals surface area contributed by atoms with Gasteiger partial charge in [-0.1, -0.05) is 31.5 Å². The van der Waals surface area contributed by atoms with E-state index in [1.165, 1.54) is 22.2 Å². The lowest BCUT2D eigenvalue weighted by Gasteiger charge is -2.14. The van der Waals surface area contributed by atoms with Crippen LogP contribution in [-0.2, 0) is 15.3 Å². The van der Waals surface area contributed by atoms with E-state index in [1.807, 2.05) is 44.2 Å². The van der Waals surface area contributed by atoms with E-state index in [2.05, 4.69) is 6.92 Å². The molecule has 0 atom stereocenters. The zero-order chi connectivity index (χ0) is 18.7. The van der Waals surface area contributed by atoms with E-state index in [0.717, 1.165) is 29.7 Å². The first-order valence-corrected chi connectivity index (χ1v) is 9.84. The van der Waals surface area contributed by atoms with Crippen molar-refractivity contribution >= 4 is 29.1 Å². The lowest BCUT2D eigenvalue weighted by molar-refractivity contribution is -0.136. The second kappa shape index (κ2) is 7.96. The van der Waals surface area contributed by atoms with Crippen molar-refractivity contribution in [2.75, 3.05) is 6.54 Å². The number of thioether (sulfide) groups is 1. The molecule has 3 rings (SSSR count). The average molecular weight is 369 g/mol. The molecule has 5 heteroatoms. The van der Waals surface area contributed by atoms with Crippen molar-refractivity contribution < 1.29 is 14.0 Å². The lowest BCUT2D eigenvalue weighted by Crippen LogP contribution is -2.32. The molecule has 0 radical (unpaired) electrons. The number of aryl methyl sites for hydroxylation is 2. The maximum absolute atomic E-state index is 13.0. The SMILES string of the molecule is CCCCN1C(=O)C(SCc2ccco2)=C(c2ccc(C)c(C)c2)C1=O. The van der Waals surface area contributed by atoms with E-state index in [4.69, 9.17) is 4.42 Å². The van der Waals surface area contributed by atoms with Gasteiger partial charge in [0.25, 0.3) is 11.8 Å². The largest absolute Gasteiger partial charge is 0.468 e. The topological polar surface area (TPSA) is 50.5 Å². The van der Waals surface area contributed by atoms with Crippen molar-refractivity contribution in [2.24, 2.45) is 0 Å². The van der Waals surface area contributed by atoms with E-state index in [1.54, 1.807) is 6.26 Å². The second-order valence-electron chi connectivity index (χ2n) is 6.49. The highest BCUT2D eigenvalue weighted by molar-refractivity contribution is 8.03. The number of carbonyl (C=O) groups excluding carboxylic acids is 2. The molecule has 0 spiro atoms. The molecule has 2 heterocycles.